The number of hydrogen-bond donors (Lipinski definition) is 1. The Morgan fingerprint density at radius 2 is 2.18 bits per heavy atom. The van der Waals surface area contributed by atoms with Crippen LogP contribution >= 0.6 is 46.3 Å². The molecule has 1 amide bonds. The van der Waals surface area contributed by atoms with Crippen molar-refractivity contribution < 1.29 is 4.79 Å². The Bertz CT molecular complexity index is 840. The molecule has 0 spiro atoms. The molecule has 3 aromatic heterocycles. The average Bonchev–Trinajstić information content (AvgIpc) is 2.97. The van der Waals surface area contributed by atoms with Crippen LogP contribution in [0.2, 0.25) is 10.0 Å². The number of nitrogens with zero attached hydrogens (tertiary/aromatic N) is 3. The molecule has 112 valence electrons. The molecular formula is C13H8Cl2N4OS2. The Morgan fingerprint density at radius 3 is 3.00 bits per heavy atom. The summed E-state index contributed by atoms with van der Waals surface area (Å²) in [6, 6.07) is 3.47. The fourth-order valence-corrected chi connectivity index (χ4v) is 3.70. The number of fused-ring (bicyclic) bond motifs is 1. The van der Waals surface area contributed by atoms with Crippen LogP contribution in [0.15, 0.2) is 35.1 Å². The van der Waals surface area contributed by atoms with E-state index < -0.39 is 0 Å². The zero-order valence-electron chi connectivity index (χ0n) is 10.9. The van der Waals surface area contributed by atoms with E-state index in [9.17, 15) is 4.79 Å². The van der Waals surface area contributed by atoms with E-state index in [1.807, 2.05) is 11.4 Å². The third kappa shape index (κ3) is 3.49. The molecule has 0 unspecified atom stereocenters. The van der Waals surface area contributed by atoms with Crippen molar-refractivity contribution in [2.45, 2.75) is 5.03 Å². The van der Waals surface area contributed by atoms with Crippen molar-refractivity contribution >= 4 is 68.2 Å². The number of anilines is 1. The molecule has 3 heterocycles. The number of rotatable bonds is 4. The van der Waals surface area contributed by atoms with Gasteiger partial charge in [0.15, 0.2) is 5.82 Å². The molecule has 22 heavy (non-hydrogen) atoms. The highest BCUT2D eigenvalue weighted by Gasteiger charge is 2.11. The molecule has 5 nitrogen and oxygen atoms in total. The number of nitrogens with one attached hydrogen (secondary N) is 1. The Kier molecular flexibility index (Phi) is 4.77. The zero-order chi connectivity index (χ0) is 15.5. The van der Waals surface area contributed by atoms with Crippen LogP contribution in [0.5, 0.6) is 0 Å². The molecule has 0 atom stereocenters. The van der Waals surface area contributed by atoms with Crippen LogP contribution in [0.1, 0.15) is 0 Å². The fraction of sp³-hybridized carbons (Fsp3) is 0.0769. The number of aromatic nitrogens is 3. The van der Waals surface area contributed by atoms with Crippen LogP contribution < -0.4 is 5.32 Å². The number of amides is 1. The van der Waals surface area contributed by atoms with Gasteiger partial charge in [-0.05, 0) is 17.5 Å². The molecule has 3 rings (SSSR count). The van der Waals surface area contributed by atoms with Gasteiger partial charge in [-0.15, -0.1) is 11.3 Å². The molecule has 9 heteroatoms. The topological polar surface area (TPSA) is 67.8 Å². The van der Waals surface area contributed by atoms with E-state index in [0.29, 0.717) is 15.9 Å². The fourth-order valence-electron chi connectivity index (χ4n) is 1.69. The highest BCUT2D eigenvalue weighted by atomic mass is 35.5. The van der Waals surface area contributed by atoms with Gasteiger partial charge >= 0.3 is 0 Å². The van der Waals surface area contributed by atoms with Gasteiger partial charge in [0.2, 0.25) is 5.91 Å². The number of thiophene rings is 1. The first-order valence-corrected chi connectivity index (χ1v) is 8.67. The first-order chi connectivity index (χ1) is 10.6. The van der Waals surface area contributed by atoms with Crippen molar-refractivity contribution in [2.24, 2.45) is 0 Å². The Balaban J connectivity index is 1.66. The number of halogens is 2. The summed E-state index contributed by atoms with van der Waals surface area (Å²) in [5, 5.41) is 7.03. The molecule has 0 saturated heterocycles. The van der Waals surface area contributed by atoms with Crippen LogP contribution in [0.4, 0.5) is 5.82 Å². The lowest BCUT2D eigenvalue weighted by atomic mass is 10.4. The largest absolute Gasteiger partial charge is 0.309 e. The Labute approximate surface area is 144 Å². The minimum Gasteiger partial charge on any atom is -0.309 e. The predicted octanol–water partition coefficient (Wildman–Crippen LogP) is 4.12. The third-order valence-electron chi connectivity index (χ3n) is 2.63. The molecule has 1 N–H and O–H groups in total. The van der Waals surface area contributed by atoms with Gasteiger partial charge in [0.1, 0.15) is 16.2 Å². The Morgan fingerprint density at radius 1 is 1.32 bits per heavy atom. The van der Waals surface area contributed by atoms with Crippen molar-refractivity contribution in [3.63, 3.8) is 0 Å². The number of thioether (sulfide) groups is 1. The predicted molar refractivity (Wildman–Crippen MR) is 91.0 cm³/mol. The first-order valence-electron chi connectivity index (χ1n) is 6.05. The number of carbonyl (C=O) groups excluding carboxylic acids is 1. The van der Waals surface area contributed by atoms with Crippen molar-refractivity contribution in [3.05, 3.63) is 40.1 Å². The molecule has 0 saturated carbocycles. The smallest absolute Gasteiger partial charge is 0.235 e. The zero-order valence-corrected chi connectivity index (χ0v) is 14.1. The summed E-state index contributed by atoms with van der Waals surface area (Å²) in [5.74, 6) is 0.270. The van der Waals surface area contributed by atoms with Gasteiger partial charge in [-0.2, -0.15) is 0 Å². The van der Waals surface area contributed by atoms with Gasteiger partial charge in [-0.25, -0.2) is 15.0 Å². The van der Waals surface area contributed by atoms with Gasteiger partial charge in [-0.1, -0.05) is 35.0 Å². The quantitative estimate of drug-likeness (QED) is 0.552. The van der Waals surface area contributed by atoms with E-state index in [4.69, 9.17) is 23.2 Å². The molecular weight excluding hydrogens is 363 g/mol. The third-order valence-corrected chi connectivity index (χ3v) is 4.95. The van der Waals surface area contributed by atoms with E-state index in [1.165, 1.54) is 41.7 Å². The molecule has 0 bridgehead atoms. The highest BCUT2D eigenvalue weighted by Crippen LogP contribution is 2.28. The molecule has 0 aromatic carbocycles. The lowest BCUT2D eigenvalue weighted by molar-refractivity contribution is -0.113. The van der Waals surface area contributed by atoms with Gasteiger partial charge < -0.3 is 5.32 Å². The van der Waals surface area contributed by atoms with E-state index in [1.54, 1.807) is 0 Å². The van der Waals surface area contributed by atoms with Crippen molar-refractivity contribution in [2.75, 3.05) is 11.1 Å². The molecule has 0 aliphatic heterocycles. The van der Waals surface area contributed by atoms with E-state index in [2.05, 4.69) is 20.3 Å². The van der Waals surface area contributed by atoms with Gasteiger partial charge in [-0.3, -0.25) is 4.79 Å². The van der Waals surface area contributed by atoms with Crippen molar-refractivity contribution in [1.82, 2.24) is 15.0 Å². The SMILES string of the molecule is O=C(CSc1ncnc2sccc12)Nc1ncc(Cl)cc1Cl. The Hall–Kier alpha value is -1.41. The van der Waals surface area contributed by atoms with E-state index >= 15 is 0 Å². The van der Waals surface area contributed by atoms with Gasteiger partial charge in [0, 0.05) is 11.6 Å². The number of carbonyl (C=O) groups is 1. The van der Waals surface area contributed by atoms with E-state index in [0.717, 1.165) is 15.2 Å². The van der Waals surface area contributed by atoms with Crippen molar-refractivity contribution in [1.29, 1.82) is 0 Å². The lowest BCUT2D eigenvalue weighted by Gasteiger charge is -2.06. The second-order valence-electron chi connectivity index (χ2n) is 4.14. The molecule has 3 aromatic rings. The summed E-state index contributed by atoms with van der Waals surface area (Å²) in [7, 11) is 0. The summed E-state index contributed by atoms with van der Waals surface area (Å²) in [6.07, 6.45) is 2.92. The summed E-state index contributed by atoms with van der Waals surface area (Å²) in [6.45, 7) is 0. The second kappa shape index (κ2) is 6.78. The molecule has 0 radical (unpaired) electrons. The summed E-state index contributed by atoms with van der Waals surface area (Å²) >= 11 is 14.6. The van der Waals surface area contributed by atoms with Crippen LogP contribution in [-0.2, 0) is 4.79 Å². The minimum atomic E-state index is -0.219. The van der Waals surface area contributed by atoms with E-state index in [-0.39, 0.29) is 11.7 Å². The maximum absolute atomic E-state index is 12.0. The molecule has 0 aliphatic rings. The van der Waals surface area contributed by atoms with Crippen LogP contribution in [0.25, 0.3) is 10.2 Å². The van der Waals surface area contributed by atoms with Crippen LogP contribution in [-0.4, -0.2) is 26.6 Å². The maximum Gasteiger partial charge on any atom is 0.235 e. The number of hydrogen-bond acceptors (Lipinski definition) is 6. The maximum atomic E-state index is 12.0. The normalized spacial score (nSPS) is 10.8. The van der Waals surface area contributed by atoms with Crippen LogP contribution in [0, 0.1) is 0 Å². The first kappa shape index (κ1) is 15.5. The second-order valence-corrected chi connectivity index (χ2v) is 6.84. The molecule has 0 fully saturated rings. The summed E-state index contributed by atoms with van der Waals surface area (Å²) in [5.41, 5.74) is 0. The number of pyridine rings is 1. The summed E-state index contributed by atoms with van der Waals surface area (Å²) < 4.78 is 0. The molecule has 0 aliphatic carbocycles. The highest BCUT2D eigenvalue weighted by molar-refractivity contribution is 8.00. The summed E-state index contributed by atoms with van der Waals surface area (Å²) in [4.78, 5) is 25.3. The standard InChI is InChI=1S/C13H8Cl2N4OS2/c14-7-3-9(15)11(16-4-7)19-10(20)5-22-13-8-1-2-21-12(8)17-6-18-13/h1-4,6H,5H2,(H,16,19,20). The minimum absolute atomic E-state index is 0.197. The lowest BCUT2D eigenvalue weighted by Crippen LogP contribution is -2.15. The van der Waals surface area contributed by atoms with Gasteiger partial charge in [0.05, 0.1) is 15.8 Å². The van der Waals surface area contributed by atoms with Crippen LogP contribution in [0.3, 0.4) is 0 Å². The van der Waals surface area contributed by atoms with Crippen molar-refractivity contribution in [3.8, 4) is 0 Å². The van der Waals surface area contributed by atoms with Gasteiger partial charge in [0.25, 0.3) is 0 Å². The average molecular weight is 371 g/mol. The monoisotopic (exact) mass is 370 g/mol.